The lowest BCUT2D eigenvalue weighted by Gasteiger charge is -2.10. The number of esters is 1. The Balaban J connectivity index is 1.61. The fourth-order valence-electron chi connectivity index (χ4n) is 3.65. The molecule has 0 radical (unpaired) electrons. The first kappa shape index (κ1) is 21.8. The maximum atomic E-state index is 12.7. The van der Waals surface area contributed by atoms with Gasteiger partial charge in [0.2, 0.25) is 0 Å². The van der Waals surface area contributed by atoms with Crippen molar-refractivity contribution in [2.75, 3.05) is 12.4 Å². The molecule has 0 aliphatic carbocycles. The number of anilines is 1. The zero-order valence-corrected chi connectivity index (χ0v) is 18.3. The molecule has 0 saturated carbocycles. The zero-order valence-electron chi connectivity index (χ0n) is 18.3. The predicted octanol–water partition coefficient (Wildman–Crippen LogP) is 4.82. The number of nitrogens with one attached hydrogen (secondary N) is 1. The SMILES string of the molecule is COC(=O)c1cccc(NC(=O)c2ccc(-c3cc(=O)c4cc(C)cc(C)c4o3)cc2)c1O. The van der Waals surface area contributed by atoms with Crippen molar-refractivity contribution in [3.05, 3.63) is 93.1 Å². The summed E-state index contributed by atoms with van der Waals surface area (Å²) in [6.45, 7) is 3.81. The summed E-state index contributed by atoms with van der Waals surface area (Å²) in [5.74, 6) is -1.17. The summed E-state index contributed by atoms with van der Waals surface area (Å²) in [5, 5.41) is 13.4. The average molecular weight is 443 g/mol. The Morgan fingerprint density at radius 2 is 1.73 bits per heavy atom. The molecule has 0 fully saturated rings. The Kier molecular flexibility index (Phi) is 5.70. The van der Waals surface area contributed by atoms with Crippen LogP contribution in [0.1, 0.15) is 31.8 Å². The number of carbonyl (C=O) groups excluding carboxylic acids is 2. The molecule has 0 unspecified atom stereocenters. The van der Waals surface area contributed by atoms with Crippen LogP contribution in [0, 0.1) is 13.8 Å². The van der Waals surface area contributed by atoms with Crippen molar-refractivity contribution < 1.29 is 23.8 Å². The average Bonchev–Trinajstić information content (AvgIpc) is 2.80. The largest absolute Gasteiger partial charge is 0.505 e. The zero-order chi connectivity index (χ0) is 23.7. The second kappa shape index (κ2) is 8.63. The molecule has 1 heterocycles. The first-order valence-electron chi connectivity index (χ1n) is 10.2. The van der Waals surface area contributed by atoms with Crippen LogP contribution in [0.3, 0.4) is 0 Å². The lowest BCUT2D eigenvalue weighted by atomic mass is 10.1. The van der Waals surface area contributed by atoms with Crippen molar-refractivity contribution in [1.82, 2.24) is 0 Å². The standard InChI is InChI=1S/C26H21NO6/c1-14-11-15(2)24-19(12-14)21(28)13-22(33-24)16-7-9-17(10-8-16)25(30)27-20-6-4-5-18(23(20)29)26(31)32-3/h4-13,29H,1-3H3,(H,27,30). The molecule has 4 aromatic rings. The number of rotatable bonds is 4. The van der Waals surface area contributed by atoms with Gasteiger partial charge < -0.3 is 19.6 Å². The van der Waals surface area contributed by atoms with Gasteiger partial charge in [0.25, 0.3) is 5.91 Å². The highest BCUT2D eigenvalue weighted by molar-refractivity contribution is 6.06. The summed E-state index contributed by atoms with van der Waals surface area (Å²) in [6, 6.07) is 16.1. The third kappa shape index (κ3) is 4.21. The summed E-state index contributed by atoms with van der Waals surface area (Å²) in [5.41, 5.74) is 3.23. The van der Waals surface area contributed by atoms with Gasteiger partial charge in [-0.25, -0.2) is 4.79 Å². The predicted molar refractivity (Wildman–Crippen MR) is 125 cm³/mol. The Hall–Kier alpha value is -4.39. The maximum absolute atomic E-state index is 12.7. The third-order valence-corrected chi connectivity index (χ3v) is 5.28. The molecule has 0 aliphatic heterocycles. The smallest absolute Gasteiger partial charge is 0.341 e. The first-order valence-corrected chi connectivity index (χ1v) is 10.2. The normalized spacial score (nSPS) is 10.8. The topological polar surface area (TPSA) is 106 Å². The molecule has 2 N–H and O–H groups in total. The number of ether oxygens (including phenoxy) is 1. The quantitative estimate of drug-likeness (QED) is 0.346. The number of benzene rings is 3. The summed E-state index contributed by atoms with van der Waals surface area (Å²) >= 11 is 0. The minimum absolute atomic E-state index is 0.0533. The van der Waals surface area contributed by atoms with E-state index in [1.807, 2.05) is 19.9 Å². The number of aryl methyl sites for hydroxylation is 2. The van der Waals surface area contributed by atoms with E-state index in [1.54, 1.807) is 30.3 Å². The molecule has 7 nitrogen and oxygen atoms in total. The van der Waals surface area contributed by atoms with E-state index in [0.29, 0.717) is 27.9 Å². The molecule has 0 aliphatic rings. The molecule has 1 amide bonds. The monoisotopic (exact) mass is 443 g/mol. The van der Waals surface area contributed by atoms with Gasteiger partial charge in [-0.1, -0.05) is 24.3 Å². The van der Waals surface area contributed by atoms with Crippen molar-refractivity contribution in [2.24, 2.45) is 0 Å². The van der Waals surface area contributed by atoms with Crippen molar-refractivity contribution in [3.63, 3.8) is 0 Å². The number of amides is 1. The molecule has 1 aromatic heterocycles. The van der Waals surface area contributed by atoms with Crippen molar-refractivity contribution >= 4 is 28.5 Å². The molecule has 0 atom stereocenters. The molecule has 33 heavy (non-hydrogen) atoms. The second-order valence-corrected chi connectivity index (χ2v) is 7.66. The Labute approximate surface area is 189 Å². The van der Waals surface area contributed by atoms with Crippen molar-refractivity contribution in [1.29, 1.82) is 0 Å². The van der Waals surface area contributed by atoms with Crippen LogP contribution in [0.4, 0.5) is 5.69 Å². The lowest BCUT2D eigenvalue weighted by molar-refractivity contribution is 0.0597. The van der Waals surface area contributed by atoms with Gasteiger partial charge in [0, 0.05) is 17.2 Å². The van der Waals surface area contributed by atoms with E-state index < -0.39 is 11.9 Å². The van der Waals surface area contributed by atoms with Crippen LogP contribution >= 0.6 is 0 Å². The van der Waals surface area contributed by atoms with E-state index in [4.69, 9.17) is 4.42 Å². The summed E-state index contributed by atoms with van der Waals surface area (Å²) in [7, 11) is 1.20. The van der Waals surface area contributed by atoms with E-state index >= 15 is 0 Å². The van der Waals surface area contributed by atoms with Gasteiger partial charge in [-0.05, 0) is 55.3 Å². The van der Waals surface area contributed by atoms with Gasteiger partial charge in [-0.3, -0.25) is 9.59 Å². The maximum Gasteiger partial charge on any atom is 0.341 e. The molecule has 0 bridgehead atoms. The second-order valence-electron chi connectivity index (χ2n) is 7.66. The highest BCUT2D eigenvalue weighted by Gasteiger charge is 2.17. The van der Waals surface area contributed by atoms with E-state index in [2.05, 4.69) is 10.1 Å². The molecule has 0 spiro atoms. The number of fused-ring (bicyclic) bond motifs is 1. The van der Waals surface area contributed by atoms with Crippen molar-refractivity contribution in [3.8, 4) is 17.1 Å². The van der Waals surface area contributed by atoms with Gasteiger partial charge in [0.1, 0.15) is 16.9 Å². The van der Waals surface area contributed by atoms with Gasteiger partial charge in [0.05, 0.1) is 18.2 Å². The summed E-state index contributed by atoms with van der Waals surface area (Å²) < 4.78 is 10.6. The third-order valence-electron chi connectivity index (χ3n) is 5.28. The van der Waals surface area contributed by atoms with E-state index in [9.17, 15) is 19.5 Å². The minimum Gasteiger partial charge on any atom is -0.505 e. The molecular weight excluding hydrogens is 422 g/mol. The summed E-state index contributed by atoms with van der Waals surface area (Å²) in [4.78, 5) is 37.0. The number of phenolic OH excluding ortho intramolecular Hbond substituents is 1. The van der Waals surface area contributed by atoms with Crippen molar-refractivity contribution in [2.45, 2.75) is 13.8 Å². The summed E-state index contributed by atoms with van der Waals surface area (Å²) in [6.07, 6.45) is 0. The number of aromatic hydroxyl groups is 1. The van der Waals surface area contributed by atoms with Crippen LogP contribution < -0.4 is 10.7 Å². The molecule has 0 saturated heterocycles. The fourth-order valence-corrected chi connectivity index (χ4v) is 3.65. The molecule has 3 aromatic carbocycles. The first-order chi connectivity index (χ1) is 15.8. The van der Waals surface area contributed by atoms with Crippen LogP contribution in [0.2, 0.25) is 0 Å². The molecular formula is C26H21NO6. The highest BCUT2D eigenvalue weighted by Crippen LogP contribution is 2.29. The number of para-hydroxylation sites is 1. The Morgan fingerprint density at radius 1 is 1.00 bits per heavy atom. The van der Waals surface area contributed by atoms with Crippen LogP contribution in [0.5, 0.6) is 5.75 Å². The van der Waals surface area contributed by atoms with E-state index in [0.717, 1.165) is 11.1 Å². The number of methoxy groups -OCH3 is 1. The number of hydrogen-bond acceptors (Lipinski definition) is 6. The number of carbonyl (C=O) groups is 2. The highest BCUT2D eigenvalue weighted by atomic mass is 16.5. The minimum atomic E-state index is -0.713. The van der Waals surface area contributed by atoms with Crippen LogP contribution in [-0.2, 0) is 4.74 Å². The van der Waals surface area contributed by atoms with Gasteiger partial charge >= 0.3 is 5.97 Å². The van der Waals surface area contributed by atoms with Crippen LogP contribution in [0.25, 0.3) is 22.3 Å². The number of phenols is 1. The number of hydrogen-bond donors (Lipinski definition) is 2. The molecule has 166 valence electrons. The van der Waals surface area contributed by atoms with E-state index in [-0.39, 0.29) is 22.4 Å². The lowest BCUT2D eigenvalue weighted by Crippen LogP contribution is -2.13. The van der Waals surface area contributed by atoms with Gasteiger partial charge in [-0.15, -0.1) is 0 Å². The van der Waals surface area contributed by atoms with Gasteiger partial charge in [0.15, 0.2) is 11.2 Å². The Bertz CT molecular complexity index is 1450. The van der Waals surface area contributed by atoms with E-state index in [1.165, 1.54) is 31.4 Å². The van der Waals surface area contributed by atoms with Crippen LogP contribution in [-0.4, -0.2) is 24.1 Å². The Morgan fingerprint density at radius 3 is 2.42 bits per heavy atom. The van der Waals surface area contributed by atoms with Gasteiger partial charge in [-0.2, -0.15) is 0 Å². The molecule has 4 rings (SSSR count). The fraction of sp³-hybridized carbons (Fsp3) is 0.115. The van der Waals surface area contributed by atoms with Crippen LogP contribution in [0.15, 0.2) is 69.9 Å². The molecule has 7 heteroatoms.